The molecule has 1 aliphatic carbocycles. The number of furan rings is 1. The third-order valence-corrected chi connectivity index (χ3v) is 4.70. The minimum absolute atomic E-state index is 0.000212. The van der Waals surface area contributed by atoms with Crippen LogP contribution >= 0.6 is 0 Å². The van der Waals surface area contributed by atoms with Crippen molar-refractivity contribution in [2.75, 3.05) is 0 Å². The van der Waals surface area contributed by atoms with Gasteiger partial charge in [0.2, 0.25) is 0 Å². The molecule has 5 nitrogen and oxygen atoms in total. The topological polar surface area (TPSA) is 82.7 Å². The van der Waals surface area contributed by atoms with Gasteiger partial charge in [-0.1, -0.05) is 18.2 Å². The number of fused-ring (bicyclic) bond motifs is 1. The van der Waals surface area contributed by atoms with Crippen LogP contribution in [-0.2, 0) is 13.2 Å². The van der Waals surface area contributed by atoms with Gasteiger partial charge in [0.1, 0.15) is 5.58 Å². The molecule has 1 aliphatic rings. The van der Waals surface area contributed by atoms with Gasteiger partial charge in [-0.15, -0.1) is 0 Å². The number of carboxylic acid groups (broad SMARTS) is 1. The van der Waals surface area contributed by atoms with E-state index in [1.54, 1.807) is 6.26 Å². The smallest absolute Gasteiger partial charge is 0.404 e. The van der Waals surface area contributed by atoms with Crippen molar-refractivity contribution in [1.29, 1.82) is 0 Å². The van der Waals surface area contributed by atoms with E-state index in [0.717, 1.165) is 46.1 Å². The monoisotopic (exact) mass is 337 g/mol. The Labute approximate surface area is 144 Å². The SMILES string of the molecule is O=C(O)NCc1cccc(-c2cc(CO)c(C3CC3)c3ccoc23)c1. The fraction of sp³-hybridized carbons (Fsp3) is 0.250. The molecule has 1 heterocycles. The van der Waals surface area contributed by atoms with Gasteiger partial charge < -0.3 is 19.9 Å². The maximum absolute atomic E-state index is 10.7. The summed E-state index contributed by atoms with van der Waals surface area (Å²) in [6, 6.07) is 11.7. The molecule has 2 aromatic carbocycles. The molecule has 1 aromatic heterocycles. The van der Waals surface area contributed by atoms with Crippen LogP contribution in [0.3, 0.4) is 0 Å². The van der Waals surface area contributed by atoms with Crippen LogP contribution in [-0.4, -0.2) is 16.3 Å². The van der Waals surface area contributed by atoms with Crippen molar-refractivity contribution in [3.05, 3.63) is 59.4 Å². The lowest BCUT2D eigenvalue weighted by atomic mass is 9.93. The molecule has 1 fully saturated rings. The third kappa shape index (κ3) is 2.98. The zero-order valence-electron chi connectivity index (χ0n) is 13.7. The van der Waals surface area contributed by atoms with Gasteiger partial charge in [0.25, 0.3) is 0 Å². The molecule has 3 aromatic rings. The Bertz CT molecular complexity index is 940. The molecule has 0 spiro atoms. The lowest BCUT2D eigenvalue weighted by Crippen LogP contribution is -2.19. The number of rotatable bonds is 5. The lowest BCUT2D eigenvalue weighted by molar-refractivity contribution is 0.194. The van der Waals surface area contributed by atoms with E-state index in [4.69, 9.17) is 9.52 Å². The lowest BCUT2D eigenvalue weighted by Gasteiger charge is -2.13. The minimum atomic E-state index is -1.05. The summed E-state index contributed by atoms with van der Waals surface area (Å²) in [6.45, 7) is 0.248. The summed E-state index contributed by atoms with van der Waals surface area (Å²) in [4.78, 5) is 10.7. The first-order valence-electron chi connectivity index (χ1n) is 8.37. The third-order valence-electron chi connectivity index (χ3n) is 4.70. The van der Waals surface area contributed by atoms with E-state index >= 15 is 0 Å². The highest BCUT2D eigenvalue weighted by molar-refractivity contribution is 5.96. The average molecular weight is 337 g/mol. The predicted octanol–water partition coefficient (Wildman–Crippen LogP) is 4.24. The van der Waals surface area contributed by atoms with Crippen molar-refractivity contribution < 1.29 is 19.4 Å². The van der Waals surface area contributed by atoms with Crippen LogP contribution in [0, 0.1) is 0 Å². The zero-order chi connectivity index (χ0) is 17.4. The molecule has 3 N–H and O–H groups in total. The minimum Gasteiger partial charge on any atom is -0.465 e. The van der Waals surface area contributed by atoms with Crippen LogP contribution in [0.5, 0.6) is 0 Å². The Balaban J connectivity index is 1.81. The van der Waals surface area contributed by atoms with Crippen LogP contribution in [0.1, 0.15) is 35.4 Å². The number of amides is 1. The second kappa shape index (κ2) is 6.26. The van der Waals surface area contributed by atoms with Crippen LogP contribution in [0.25, 0.3) is 22.1 Å². The van der Waals surface area contributed by atoms with E-state index in [-0.39, 0.29) is 13.2 Å². The average Bonchev–Trinajstić information content (AvgIpc) is 3.34. The van der Waals surface area contributed by atoms with E-state index in [1.807, 2.05) is 36.4 Å². The molecule has 4 rings (SSSR count). The molecule has 0 bridgehead atoms. The van der Waals surface area contributed by atoms with E-state index < -0.39 is 6.09 Å². The van der Waals surface area contributed by atoms with Gasteiger partial charge in [0, 0.05) is 17.5 Å². The summed E-state index contributed by atoms with van der Waals surface area (Å²) in [5.74, 6) is 0.516. The number of hydrogen-bond donors (Lipinski definition) is 3. The highest BCUT2D eigenvalue weighted by atomic mass is 16.4. The Morgan fingerprint density at radius 2 is 2.08 bits per heavy atom. The second-order valence-corrected chi connectivity index (χ2v) is 6.45. The summed E-state index contributed by atoms with van der Waals surface area (Å²) >= 11 is 0. The number of benzene rings is 2. The first-order chi connectivity index (χ1) is 12.2. The van der Waals surface area contributed by atoms with E-state index in [1.165, 1.54) is 5.56 Å². The van der Waals surface area contributed by atoms with Gasteiger partial charge in [-0.05, 0) is 59.2 Å². The van der Waals surface area contributed by atoms with Crippen molar-refractivity contribution >= 4 is 17.1 Å². The van der Waals surface area contributed by atoms with Gasteiger partial charge in [0.05, 0.1) is 12.9 Å². The van der Waals surface area contributed by atoms with Gasteiger partial charge in [0.15, 0.2) is 0 Å². The van der Waals surface area contributed by atoms with Gasteiger partial charge >= 0.3 is 6.09 Å². The summed E-state index contributed by atoms with van der Waals surface area (Å²) in [5, 5.41) is 22.1. The van der Waals surface area contributed by atoms with Crippen LogP contribution in [0.2, 0.25) is 0 Å². The molecule has 0 atom stereocenters. The van der Waals surface area contributed by atoms with E-state index in [2.05, 4.69) is 5.32 Å². The predicted molar refractivity (Wildman–Crippen MR) is 94.4 cm³/mol. The molecular weight excluding hydrogens is 318 g/mol. The van der Waals surface area contributed by atoms with Crippen LogP contribution in [0.15, 0.2) is 47.1 Å². The normalized spacial score (nSPS) is 14.0. The second-order valence-electron chi connectivity index (χ2n) is 6.45. The molecule has 128 valence electrons. The van der Waals surface area contributed by atoms with Crippen molar-refractivity contribution in [2.45, 2.75) is 31.9 Å². The van der Waals surface area contributed by atoms with Gasteiger partial charge in [-0.25, -0.2) is 4.79 Å². The number of aliphatic hydroxyl groups excluding tert-OH is 1. The molecule has 0 radical (unpaired) electrons. The number of aliphatic hydroxyl groups is 1. The van der Waals surface area contributed by atoms with E-state index in [9.17, 15) is 9.90 Å². The Morgan fingerprint density at radius 1 is 1.24 bits per heavy atom. The maximum atomic E-state index is 10.7. The highest BCUT2D eigenvalue weighted by Gasteiger charge is 2.29. The molecular formula is C20H19NO4. The summed E-state index contributed by atoms with van der Waals surface area (Å²) in [6.07, 6.45) is 2.96. The van der Waals surface area contributed by atoms with Gasteiger partial charge in [-0.2, -0.15) is 0 Å². The highest BCUT2D eigenvalue weighted by Crippen LogP contribution is 2.47. The molecule has 0 aliphatic heterocycles. The summed E-state index contributed by atoms with van der Waals surface area (Å²) in [5.41, 5.74) is 5.71. The summed E-state index contributed by atoms with van der Waals surface area (Å²) < 4.78 is 5.77. The first-order valence-corrected chi connectivity index (χ1v) is 8.37. The molecule has 1 saturated carbocycles. The van der Waals surface area contributed by atoms with Crippen molar-refractivity contribution in [1.82, 2.24) is 5.32 Å². The fourth-order valence-electron chi connectivity index (χ4n) is 3.45. The summed E-state index contributed by atoms with van der Waals surface area (Å²) in [7, 11) is 0. The number of nitrogens with one attached hydrogen (secondary N) is 1. The maximum Gasteiger partial charge on any atom is 0.404 e. The Morgan fingerprint density at radius 3 is 2.80 bits per heavy atom. The molecule has 1 amide bonds. The largest absolute Gasteiger partial charge is 0.465 e. The van der Waals surface area contributed by atoms with Crippen LogP contribution in [0.4, 0.5) is 4.79 Å². The Hall–Kier alpha value is -2.79. The van der Waals surface area contributed by atoms with Crippen molar-refractivity contribution in [2.24, 2.45) is 0 Å². The van der Waals surface area contributed by atoms with Crippen molar-refractivity contribution in [3.8, 4) is 11.1 Å². The van der Waals surface area contributed by atoms with Gasteiger partial charge in [-0.3, -0.25) is 0 Å². The number of carbonyl (C=O) groups is 1. The van der Waals surface area contributed by atoms with Crippen LogP contribution < -0.4 is 5.32 Å². The Kier molecular flexibility index (Phi) is 3.93. The quantitative estimate of drug-likeness (QED) is 0.650. The zero-order valence-corrected chi connectivity index (χ0v) is 13.7. The fourth-order valence-corrected chi connectivity index (χ4v) is 3.45. The first kappa shape index (κ1) is 15.7. The molecule has 5 heteroatoms. The van der Waals surface area contributed by atoms with Crippen molar-refractivity contribution in [3.63, 3.8) is 0 Å². The number of hydrogen-bond acceptors (Lipinski definition) is 3. The molecule has 0 unspecified atom stereocenters. The standard InChI is InChI=1S/C20H19NO4/c22-11-15-9-17(14-3-1-2-12(8-14)10-21-20(23)24)19-16(6-7-25-19)18(15)13-4-5-13/h1-3,6-9,13,21-22H,4-5,10-11H2,(H,23,24). The molecule has 25 heavy (non-hydrogen) atoms. The molecule has 0 saturated heterocycles. The van der Waals surface area contributed by atoms with E-state index in [0.29, 0.717) is 5.92 Å².